The minimum Gasteiger partial charge on any atom is -0.346 e. The molecule has 0 unspecified atom stereocenters. The van der Waals surface area contributed by atoms with Crippen molar-refractivity contribution in [2.24, 2.45) is 5.73 Å². The van der Waals surface area contributed by atoms with E-state index in [-0.39, 0.29) is 17.8 Å². The molecule has 0 aliphatic carbocycles. The summed E-state index contributed by atoms with van der Waals surface area (Å²) < 4.78 is 1.53. The molecule has 2 rings (SSSR count). The molecule has 7 heteroatoms. The quantitative estimate of drug-likeness (QED) is 0.746. The molecule has 2 aromatic heterocycles. The summed E-state index contributed by atoms with van der Waals surface area (Å²) >= 11 is 0. The van der Waals surface area contributed by atoms with Gasteiger partial charge in [-0.2, -0.15) is 4.98 Å². The highest BCUT2D eigenvalue weighted by molar-refractivity contribution is 5.91. The molecule has 0 saturated heterocycles. The lowest BCUT2D eigenvalue weighted by molar-refractivity contribution is 0.0931. The molecule has 3 N–H and O–H groups in total. The first kappa shape index (κ1) is 11.5. The van der Waals surface area contributed by atoms with Gasteiger partial charge in [0, 0.05) is 24.5 Å². The lowest BCUT2D eigenvalue weighted by Crippen LogP contribution is -2.38. The first-order chi connectivity index (χ1) is 8.11. The maximum Gasteiger partial charge on any atom is 0.291 e. The SMILES string of the molecule is Cc1ccnc2nc(C(=O)N[C@@H](C)CN)nn12. The summed E-state index contributed by atoms with van der Waals surface area (Å²) in [6, 6.07) is 1.69. The van der Waals surface area contributed by atoms with Crippen LogP contribution in [0, 0.1) is 6.92 Å². The molecule has 0 bridgehead atoms. The summed E-state index contributed by atoms with van der Waals surface area (Å²) in [5.41, 5.74) is 6.29. The number of amides is 1. The number of hydrogen-bond acceptors (Lipinski definition) is 5. The third-order valence-corrected chi connectivity index (χ3v) is 2.36. The number of rotatable bonds is 3. The minimum absolute atomic E-state index is 0.104. The van der Waals surface area contributed by atoms with Crippen LogP contribution < -0.4 is 11.1 Å². The molecule has 0 radical (unpaired) electrons. The normalized spacial score (nSPS) is 12.6. The fraction of sp³-hybridized carbons (Fsp3) is 0.400. The standard InChI is InChI=1S/C10H14N6O/c1-6(5-11)13-9(17)8-14-10-12-4-3-7(2)16(10)15-8/h3-4,6H,5,11H2,1-2H3,(H,13,17)/t6-/m0/s1. The van der Waals surface area contributed by atoms with Crippen molar-refractivity contribution in [1.29, 1.82) is 0 Å². The molecule has 1 amide bonds. The molecular formula is C10H14N6O. The van der Waals surface area contributed by atoms with Crippen molar-refractivity contribution in [2.75, 3.05) is 6.54 Å². The Morgan fingerprint density at radius 3 is 3.06 bits per heavy atom. The number of carbonyl (C=O) groups is 1. The van der Waals surface area contributed by atoms with E-state index in [1.54, 1.807) is 12.3 Å². The van der Waals surface area contributed by atoms with Gasteiger partial charge in [0.1, 0.15) is 0 Å². The van der Waals surface area contributed by atoms with Crippen LogP contribution >= 0.6 is 0 Å². The Labute approximate surface area is 98.1 Å². The Bertz CT molecular complexity index is 549. The molecule has 0 aromatic carbocycles. The van der Waals surface area contributed by atoms with E-state index in [9.17, 15) is 4.79 Å². The smallest absolute Gasteiger partial charge is 0.291 e. The first-order valence-corrected chi connectivity index (χ1v) is 5.31. The van der Waals surface area contributed by atoms with Gasteiger partial charge in [0.25, 0.3) is 11.7 Å². The van der Waals surface area contributed by atoms with E-state index in [0.29, 0.717) is 12.3 Å². The van der Waals surface area contributed by atoms with Gasteiger partial charge >= 0.3 is 0 Å². The second-order valence-electron chi connectivity index (χ2n) is 3.84. The average Bonchev–Trinajstić information content (AvgIpc) is 2.74. The van der Waals surface area contributed by atoms with Crippen molar-refractivity contribution in [2.45, 2.75) is 19.9 Å². The monoisotopic (exact) mass is 234 g/mol. The largest absolute Gasteiger partial charge is 0.346 e. The van der Waals surface area contributed by atoms with Crippen LogP contribution in [0.5, 0.6) is 0 Å². The number of aromatic nitrogens is 4. The van der Waals surface area contributed by atoms with Gasteiger partial charge in [0.05, 0.1) is 0 Å². The summed E-state index contributed by atoms with van der Waals surface area (Å²) in [6.45, 7) is 4.06. The number of fused-ring (bicyclic) bond motifs is 1. The lowest BCUT2D eigenvalue weighted by atomic mass is 10.3. The number of hydrogen-bond donors (Lipinski definition) is 2. The Kier molecular flexibility index (Phi) is 3.01. The van der Waals surface area contributed by atoms with Gasteiger partial charge in [-0.1, -0.05) is 0 Å². The van der Waals surface area contributed by atoms with Gasteiger partial charge in [-0.25, -0.2) is 9.50 Å². The maximum absolute atomic E-state index is 11.8. The van der Waals surface area contributed by atoms with E-state index in [4.69, 9.17) is 5.73 Å². The fourth-order valence-electron chi connectivity index (χ4n) is 1.35. The summed E-state index contributed by atoms with van der Waals surface area (Å²) in [6.07, 6.45) is 1.63. The molecule has 90 valence electrons. The van der Waals surface area contributed by atoms with Crippen molar-refractivity contribution in [1.82, 2.24) is 24.9 Å². The van der Waals surface area contributed by atoms with Gasteiger partial charge in [-0.3, -0.25) is 4.79 Å². The van der Waals surface area contributed by atoms with Crippen LogP contribution in [0.4, 0.5) is 0 Å². The lowest BCUT2D eigenvalue weighted by Gasteiger charge is -2.08. The number of nitrogens with one attached hydrogen (secondary N) is 1. The number of nitrogens with two attached hydrogens (primary N) is 1. The molecule has 1 atom stereocenters. The van der Waals surface area contributed by atoms with Crippen molar-refractivity contribution in [3.05, 3.63) is 23.8 Å². The Morgan fingerprint density at radius 1 is 1.65 bits per heavy atom. The van der Waals surface area contributed by atoms with Crippen LogP contribution in [-0.2, 0) is 0 Å². The zero-order chi connectivity index (χ0) is 12.4. The zero-order valence-corrected chi connectivity index (χ0v) is 9.71. The van der Waals surface area contributed by atoms with Crippen LogP contribution in [0.25, 0.3) is 5.78 Å². The molecule has 0 fully saturated rings. The van der Waals surface area contributed by atoms with E-state index in [1.807, 2.05) is 13.8 Å². The number of nitrogens with zero attached hydrogens (tertiary/aromatic N) is 4. The van der Waals surface area contributed by atoms with Crippen molar-refractivity contribution in [3.63, 3.8) is 0 Å². The van der Waals surface area contributed by atoms with Crippen LogP contribution in [-0.4, -0.2) is 38.1 Å². The predicted octanol–water partition coefficient (Wildman–Crippen LogP) is -0.490. The molecule has 7 nitrogen and oxygen atoms in total. The first-order valence-electron chi connectivity index (χ1n) is 5.31. The summed E-state index contributed by atoms with van der Waals surface area (Å²) in [7, 11) is 0. The molecule has 0 saturated carbocycles. The third-order valence-electron chi connectivity index (χ3n) is 2.36. The van der Waals surface area contributed by atoms with Gasteiger partial charge in [-0.15, -0.1) is 5.10 Å². The summed E-state index contributed by atoms with van der Waals surface area (Å²) in [5, 5.41) is 6.79. The number of aryl methyl sites for hydroxylation is 1. The fourth-order valence-corrected chi connectivity index (χ4v) is 1.35. The highest BCUT2D eigenvalue weighted by Crippen LogP contribution is 2.01. The van der Waals surface area contributed by atoms with Gasteiger partial charge in [-0.05, 0) is 19.9 Å². The Morgan fingerprint density at radius 2 is 2.41 bits per heavy atom. The third kappa shape index (κ3) is 2.23. The van der Waals surface area contributed by atoms with E-state index >= 15 is 0 Å². The van der Waals surface area contributed by atoms with Gasteiger partial charge in [0.15, 0.2) is 0 Å². The van der Waals surface area contributed by atoms with E-state index in [0.717, 1.165) is 5.69 Å². The zero-order valence-electron chi connectivity index (χ0n) is 9.71. The molecule has 17 heavy (non-hydrogen) atoms. The van der Waals surface area contributed by atoms with E-state index in [2.05, 4.69) is 20.4 Å². The van der Waals surface area contributed by atoms with Crippen molar-refractivity contribution >= 4 is 11.7 Å². The molecule has 0 aliphatic rings. The Balaban J connectivity index is 2.30. The molecule has 2 heterocycles. The second kappa shape index (κ2) is 4.46. The predicted molar refractivity (Wildman–Crippen MR) is 61.5 cm³/mol. The second-order valence-corrected chi connectivity index (χ2v) is 3.84. The molecule has 0 aliphatic heterocycles. The molecule has 2 aromatic rings. The highest BCUT2D eigenvalue weighted by atomic mass is 16.2. The van der Waals surface area contributed by atoms with Gasteiger partial charge < -0.3 is 11.1 Å². The summed E-state index contributed by atoms with van der Waals surface area (Å²) in [5.74, 6) is 0.176. The highest BCUT2D eigenvalue weighted by Gasteiger charge is 2.15. The van der Waals surface area contributed by atoms with Crippen LogP contribution in [0.2, 0.25) is 0 Å². The number of carbonyl (C=O) groups excluding carboxylic acids is 1. The Hall–Kier alpha value is -2.02. The van der Waals surface area contributed by atoms with E-state index in [1.165, 1.54) is 4.52 Å². The maximum atomic E-state index is 11.8. The van der Waals surface area contributed by atoms with Gasteiger partial charge in [0.2, 0.25) is 5.82 Å². The molecule has 0 spiro atoms. The minimum atomic E-state index is -0.340. The van der Waals surface area contributed by atoms with Crippen molar-refractivity contribution in [3.8, 4) is 0 Å². The van der Waals surface area contributed by atoms with Crippen LogP contribution in [0.3, 0.4) is 0 Å². The van der Waals surface area contributed by atoms with Crippen molar-refractivity contribution < 1.29 is 4.79 Å². The van der Waals surface area contributed by atoms with Crippen LogP contribution in [0.15, 0.2) is 12.3 Å². The van der Waals surface area contributed by atoms with Crippen LogP contribution in [0.1, 0.15) is 23.2 Å². The molecular weight excluding hydrogens is 220 g/mol. The summed E-state index contributed by atoms with van der Waals surface area (Å²) in [4.78, 5) is 19.8. The van der Waals surface area contributed by atoms with E-state index < -0.39 is 0 Å². The average molecular weight is 234 g/mol. The topological polar surface area (TPSA) is 98.2 Å².